The minimum Gasteiger partial charge on any atom is -0.326 e. The first-order chi connectivity index (χ1) is 13.8. The van der Waals surface area contributed by atoms with Gasteiger partial charge in [0.15, 0.2) is 11.0 Å². The van der Waals surface area contributed by atoms with E-state index in [0.29, 0.717) is 27.4 Å². The number of carbonyl (C=O) groups is 1. The fraction of sp³-hybridized carbons (Fsp3) is 0.167. The van der Waals surface area contributed by atoms with Crippen molar-refractivity contribution in [2.75, 3.05) is 11.1 Å². The van der Waals surface area contributed by atoms with Crippen LogP contribution >= 0.6 is 23.4 Å². The number of nitrogens with two attached hydrogens (primary N) is 1. The van der Waals surface area contributed by atoms with Gasteiger partial charge in [0.05, 0.1) is 9.92 Å². The molecule has 0 bridgehead atoms. The Morgan fingerprint density at radius 1 is 1.17 bits per heavy atom. The number of aromatic nitrogens is 3. The molecule has 0 saturated heterocycles. The topological polar surface area (TPSA) is 120 Å². The van der Waals surface area contributed by atoms with Crippen molar-refractivity contribution >= 4 is 45.0 Å². The minimum atomic E-state index is -3.76. The maximum Gasteiger partial charge on any atom is 0.238 e. The van der Waals surface area contributed by atoms with Crippen molar-refractivity contribution < 1.29 is 13.2 Å². The van der Waals surface area contributed by atoms with Gasteiger partial charge in [-0.3, -0.25) is 4.79 Å². The summed E-state index contributed by atoms with van der Waals surface area (Å²) < 4.78 is 24.3. The smallest absolute Gasteiger partial charge is 0.238 e. The molecule has 0 radical (unpaired) electrons. The molecule has 1 heterocycles. The van der Waals surface area contributed by atoms with Gasteiger partial charge in [-0.05, 0) is 36.4 Å². The molecule has 11 heteroatoms. The minimum absolute atomic E-state index is 0.0114. The summed E-state index contributed by atoms with van der Waals surface area (Å²) in [5.41, 5.74) is 1.28. The van der Waals surface area contributed by atoms with Gasteiger partial charge in [-0.25, -0.2) is 13.6 Å². The predicted octanol–water partition coefficient (Wildman–Crippen LogP) is 2.90. The first-order valence-electron chi connectivity index (χ1n) is 8.45. The third-order valence-electron chi connectivity index (χ3n) is 3.98. The molecule has 2 aromatic carbocycles. The Balaban J connectivity index is 1.55. The molecule has 8 nitrogen and oxygen atoms in total. The molecule has 0 saturated carbocycles. The molecule has 3 N–H and O–H groups in total. The molecule has 0 spiro atoms. The predicted molar refractivity (Wildman–Crippen MR) is 113 cm³/mol. The summed E-state index contributed by atoms with van der Waals surface area (Å²) in [5.74, 6) is 0.946. The Morgan fingerprint density at radius 2 is 1.86 bits per heavy atom. The van der Waals surface area contributed by atoms with E-state index in [-0.39, 0.29) is 17.2 Å². The molecule has 1 amide bonds. The van der Waals surface area contributed by atoms with Crippen molar-refractivity contribution in [2.45, 2.75) is 16.5 Å². The van der Waals surface area contributed by atoms with Crippen LogP contribution in [0.4, 0.5) is 5.69 Å². The first kappa shape index (κ1) is 21.3. The van der Waals surface area contributed by atoms with E-state index in [1.54, 1.807) is 6.07 Å². The molecule has 0 fully saturated rings. The Labute approximate surface area is 177 Å². The highest BCUT2D eigenvalue weighted by Gasteiger charge is 2.14. The van der Waals surface area contributed by atoms with E-state index in [0.717, 1.165) is 5.56 Å². The van der Waals surface area contributed by atoms with E-state index >= 15 is 0 Å². The van der Waals surface area contributed by atoms with Gasteiger partial charge in [0.1, 0.15) is 0 Å². The summed E-state index contributed by atoms with van der Waals surface area (Å²) in [6.07, 6.45) is 0.246. The van der Waals surface area contributed by atoms with Gasteiger partial charge in [-0.2, -0.15) is 0 Å². The second-order valence-corrected chi connectivity index (χ2v) is 9.09. The standard InChI is InChI=1S/C18H18ClN5O3S2/c1-24-17(14-4-2-3-5-15(14)19)22-23-18(24)28-11-10-16(25)21-12-6-8-13(9-7-12)29(20,26)27/h2-9H,10-11H2,1H3,(H,21,25)(H2,20,26,27). The van der Waals surface area contributed by atoms with Gasteiger partial charge in [0, 0.05) is 30.5 Å². The lowest BCUT2D eigenvalue weighted by Gasteiger charge is -2.07. The molecule has 0 atom stereocenters. The number of hydrogen-bond donors (Lipinski definition) is 2. The Bertz CT molecular complexity index is 1130. The lowest BCUT2D eigenvalue weighted by atomic mass is 10.2. The number of rotatable bonds is 7. The quantitative estimate of drug-likeness (QED) is 0.533. The van der Waals surface area contributed by atoms with Gasteiger partial charge < -0.3 is 9.88 Å². The van der Waals surface area contributed by atoms with Gasteiger partial charge >= 0.3 is 0 Å². The SMILES string of the molecule is Cn1c(SCCC(=O)Nc2ccc(S(N)(=O)=O)cc2)nnc1-c1ccccc1Cl. The largest absolute Gasteiger partial charge is 0.326 e. The number of nitrogens with one attached hydrogen (secondary N) is 1. The van der Waals surface area contributed by atoms with E-state index in [9.17, 15) is 13.2 Å². The number of halogens is 1. The lowest BCUT2D eigenvalue weighted by Crippen LogP contribution is -2.14. The molecule has 3 rings (SSSR count). The molecule has 0 aliphatic carbocycles. The van der Waals surface area contributed by atoms with Crippen LogP contribution in [0.1, 0.15) is 6.42 Å². The maximum absolute atomic E-state index is 12.1. The third kappa shape index (κ3) is 5.36. The second-order valence-electron chi connectivity index (χ2n) is 6.06. The van der Waals surface area contributed by atoms with Gasteiger partial charge in [-0.15, -0.1) is 10.2 Å². The molecule has 152 valence electrons. The van der Waals surface area contributed by atoms with Crippen LogP contribution in [0.5, 0.6) is 0 Å². The molecule has 0 aliphatic heterocycles. The van der Waals surface area contributed by atoms with Crippen molar-refractivity contribution in [3.05, 3.63) is 53.6 Å². The van der Waals surface area contributed by atoms with Crippen molar-refractivity contribution in [2.24, 2.45) is 12.2 Å². The van der Waals surface area contributed by atoms with Gasteiger partial charge in [-0.1, -0.05) is 35.5 Å². The lowest BCUT2D eigenvalue weighted by molar-refractivity contribution is -0.115. The van der Waals surface area contributed by atoms with Gasteiger partial charge in [0.2, 0.25) is 15.9 Å². The van der Waals surface area contributed by atoms with E-state index in [4.69, 9.17) is 16.7 Å². The molecule has 0 aliphatic rings. The Hall–Kier alpha value is -2.40. The van der Waals surface area contributed by atoms with Crippen molar-refractivity contribution in [1.82, 2.24) is 14.8 Å². The number of benzene rings is 2. The Kier molecular flexibility index (Phi) is 6.58. The molecule has 1 aromatic heterocycles. The molecular weight excluding hydrogens is 434 g/mol. The summed E-state index contributed by atoms with van der Waals surface area (Å²) in [5, 5.41) is 17.4. The van der Waals surface area contributed by atoms with Crippen molar-refractivity contribution in [3.8, 4) is 11.4 Å². The summed E-state index contributed by atoms with van der Waals surface area (Å²) >= 11 is 7.62. The van der Waals surface area contributed by atoms with Crippen LogP contribution in [0, 0.1) is 0 Å². The first-order valence-corrected chi connectivity index (χ1v) is 11.4. The summed E-state index contributed by atoms with van der Waals surface area (Å²) in [6.45, 7) is 0. The van der Waals surface area contributed by atoms with Crippen LogP contribution in [-0.2, 0) is 21.9 Å². The zero-order valence-electron chi connectivity index (χ0n) is 15.4. The van der Waals surface area contributed by atoms with E-state index in [1.165, 1.54) is 36.0 Å². The monoisotopic (exact) mass is 451 g/mol. The molecule has 3 aromatic rings. The maximum atomic E-state index is 12.1. The number of hydrogen-bond acceptors (Lipinski definition) is 6. The van der Waals surface area contributed by atoms with Crippen LogP contribution < -0.4 is 10.5 Å². The summed E-state index contributed by atoms with van der Waals surface area (Å²) in [7, 11) is -1.92. The van der Waals surface area contributed by atoms with Crippen LogP contribution in [-0.4, -0.2) is 34.8 Å². The highest BCUT2D eigenvalue weighted by molar-refractivity contribution is 7.99. The van der Waals surface area contributed by atoms with E-state index in [1.807, 2.05) is 29.8 Å². The third-order valence-corrected chi connectivity index (χ3v) is 6.26. The van der Waals surface area contributed by atoms with Gasteiger partial charge in [0.25, 0.3) is 0 Å². The molecule has 29 heavy (non-hydrogen) atoms. The zero-order chi connectivity index (χ0) is 21.0. The second kappa shape index (κ2) is 8.95. The number of sulfonamides is 1. The number of thioether (sulfide) groups is 1. The summed E-state index contributed by atoms with van der Waals surface area (Å²) in [6, 6.07) is 13.0. The van der Waals surface area contributed by atoms with Crippen molar-refractivity contribution in [3.63, 3.8) is 0 Å². The number of anilines is 1. The van der Waals surface area contributed by atoms with Crippen LogP contribution in [0.25, 0.3) is 11.4 Å². The van der Waals surface area contributed by atoms with Crippen LogP contribution in [0.3, 0.4) is 0 Å². The normalized spacial score (nSPS) is 11.4. The zero-order valence-corrected chi connectivity index (χ0v) is 17.8. The highest BCUT2D eigenvalue weighted by Crippen LogP contribution is 2.28. The van der Waals surface area contributed by atoms with E-state index in [2.05, 4.69) is 15.5 Å². The number of carbonyl (C=O) groups excluding carboxylic acids is 1. The number of nitrogens with zero attached hydrogens (tertiary/aromatic N) is 3. The summed E-state index contributed by atoms with van der Waals surface area (Å²) in [4.78, 5) is 12.1. The van der Waals surface area contributed by atoms with Crippen molar-refractivity contribution in [1.29, 1.82) is 0 Å². The number of amides is 1. The average molecular weight is 452 g/mol. The fourth-order valence-corrected chi connectivity index (χ4v) is 4.09. The Morgan fingerprint density at radius 3 is 2.52 bits per heavy atom. The number of primary sulfonamides is 1. The average Bonchev–Trinajstić information content (AvgIpc) is 3.02. The van der Waals surface area contributed by atoms with Crippen LogP contribution in [0.15, 0.2) is 58.6 Å². The van der Waals surface area contributed by atoms with E-state index < -0.39 is 10.0 Å². The highest BCUT2D eigenvalue weighted by atomic mass is 35.5. The molecular formula is C18H18ClN5O3S2. The van der Waals surface area contributed by atoms with Crippen LogP contribution in [0.2, 0.25) is 5.02 Å². The molecule has 0 unspecified atom stereocenters. The fourth-order valence-electron chi connectivity index (χ4n) is 2.50.